The van der Waals surface area contributed by atoms with Crippen LogP contribution in [0.15, 0.2) is 61.3 Å². The average molecular weight is 492 g/mol. The number of aromatic amines is 2. The van der Waals surface area contributed by atoms with Crippen molar-refractivity contribution in [3.8, 4) is 33.9 Å². The predicted molar refractivity (Wildman–Crippen MR) is 138 cm³/mol. The maximum Gasteiger partial charge on any atom is 0.161 e. The van der Waals surface area contributed by atoms with Gasteiger partial charge in [-0.25, -0.2) is 19.3 Å². The zero-order valence-electron chi connectivity index (χ0n) is 19.8. The Bertz CT molecular complexity index is 1740. The number of aromatic nitrogens is 8. The minimum atomic E-state index is -0.424. The molecular weight excluding hydrogens is 469 g/mol. The first-order chi connectivity index (χ1) is 18.2. The van der Waals surface area contributed by atoms with Crippen molar-refractivity contribution in [1.82, 2.24) is 45.0 Å². The number of fused-ring (bicyclic) bond motifs is 2. The van der Waals surface area contributed by atoms with Crippen LogP contribution < -0.4 is 0 Å². The molecule has 0 aliphatic carbocycles. The van der Waals surface area contributed by atoms with Gasteiger partial charge in [0.2, 0.25) is 0 Å². The number of nitrogens with one attached hydrogen (secondary N) is 2. The Balaban J connectivity index is 1.32. The van der Waals surface area contributed by atoms with Crippen LogP contribution in [-0.2, 0) is 6.54 Å². The standard InChI is InChI=1S/C27H22FN9/c28-22-19(17-11-16(12-29-13-17)15-37-9-3-4-10-37)14-32-25-21(22)24(35-36-25)27-33-23-18(6-8-31-26(23)34-27)20-5-1-2-7-30-20/h1-2,5-8,11-14H,3-4,9-10,15H2,(H,31,33,34)(H,32,35,36). The summed E-state index contributed by atoms with van der Waals surface area (Å²) in [5.41, 5.74) is 5.59. The molecule has 0 bridgehead atoms. The van der Waals surface area contributed by atoms with Gasteiger partial charge in [0.05, 0.1) is 11.1 Å². The monoisotopic (exact) mass is 491 g/mol. The fourth-order valence-electron chi connectivity index (χ4n) is 5.00. The number of H-pyrrole nitrogens is 2. The van der Waals surface area contributed by atoms with Crippen molar-refractivity contribution in [1.29, 1.82) is 0 Å². The third-order valence-electron chi connectivity index (χ3n) is 6.79. The number of pyridine rings is 4. The van der Waals surface area contributed by atoms with Gasteiger partial charge in [-0.05, 0) is 55.8 Å². The molecule has 0 unspecified atom stereocenters. The molecule has 0 atom stereocenters. The highest BCUT2D eigenvalue weighted by Crippen LogP contribution is 2.34. The second kappa shape index (κ2) is 8.82. The lowest BCUT2D eigenvalue weighted by atomic mass is 10.0. The third kappa shape index (κ3) is 3.82. The van der Waals surface area contributed by atoms with Crippen LogP contribution in [0.25, 0.3) is 56.1 Å². The number of hydrogen-bond acceptors (Lipinski definition) is 7. The van der Waals surface area contributed by atoms with E-state index < -0.39 is 5.82 Å². The van der Waals surface area contributed by atoms with Crippen LogP contribution in [0.2, 0.25) is 0 Å². The fourth-order valence-corrected chi connectivity index (χ4v) is 5.00. The molecule has 0 aromatic carbocycles. The smallest absolute Gasteiger partial charge is 0.161 e. The van der Waals surface area contributed by atoms with Gasteiger partial charge < -0.3 is 4.98 Å². The zero-order chi connectivity index (χ0) is 24.8. The second-order valence-corrected chi connectivity index (χ2v) is 9.20. The van der Waals surface area contributed by atoms with Crippen molar-refractivity contribution >= 4 is 22.2 Å². The third-order valence-corrected chi connectivity index (χ3v) is 6.79. The zero-order valence-corrected chi connectivity index (χ0v) is 19.8. The van der Waals surface area contributed by atoms with Crippen LogP contribution in [0.1, 0.15) is 18.4 Å². The maximum absolute atomic E-state index is 16.1. The lowest BCUT2D eigenvalue weighted by Crippen LogP contribution is -2.18. The molecule has 1 aliphatic heterocycles. The van der Waals surface area contributed by atoms with E-state index in [0.29, 0.717) is 39.5 Å². The average Bonchev–Trinajstić information content (AvgIpc) is 3.69. The topological polar surface area (TPSA) is 112 Å². The lowest BCUT2D eigenvalue weighted by Gasteiger charge is -2.15. The Labute approximate surface area is 210 Å². The van der Waals surface area contributed by atoms with Crippen LogP contribution >= 0.6 is 0 Å². The van der Waals surface area contributed by atoms with E-state index >= 15 is 4.39 Å². The minimum Gasteiger partial charge on any atom is -0.321 e. The summed E-state index contributed by atoms with van der Waals surface area (Å²) >= 11 is 0. The quantitative estimate of drug-likeness (QED) is 0.358. The molecule has 0 saturated carbocycles. The van der Waals surface area contributed by atoms with Crippen molar-refractivity contribution in [2.24, 2.45) is 0 Å². The van der Waals surface area contributed by atoms with Gasteiger partial charge in [-0.3, -0.25) is 20.0 Å². The van der Waals surface area contributed by atoms with E-state index in [-0.39, 0.29) is 5.39 Å². The summed E-state index contributed by atoms with van der Waals surface area (Å²) < 4.78 is 16.1. The number of hydrogen-bond donors (Lipinski definition) is 2. The molecular formula is C27H22FN9. The molecule has 1 saturated heterocycles. The summed E-state index contributed by atoms with van der Waals surface area (Å²) in [4.78, 5) is 28.0. The Morgan fingerprint density at radius 1 is 0.919 bits per heavy atom. The second-order valence-electron chi connectivity index (χ2n) is 9.20. The maximum atomic E-state index is 16.1. The van der Waals surface area contributed by atoms with E-state index in [9.17, 15) is 0 Å². The molecule has 1 aliphatic rings. The first-order valence-electron chi connectivity index (χ1n) is 12.2. The highest BCUT2D eigenvalue weighted by Gasteiger charge is 2.22. The molecule has 0 radical (unpaired) electrons. The first kappa shape index (κ1) is 21.7. The van der Waals surface area contributed by atoms with Crippen molar-refractivity contribution in [3.05, 3.63) is 72.7 Å². The minimum absolute atomic E-state index is 0.265. The van der Waals surface area contributed by atoms with Gasteiger partial charge in [0.25, 0.3) is 0 Å². The summed E-state index contributed by atoms with van der Waals surface area (Å²) in [6.07, 6.45) is 10.9. The SMILES string of the molecule is Fc1c(-c2cncc(CN3CCCC3)c2)cnc2[nH]nc(-c3nc4c(-c5ccccn5)ccnc4[nH]3)c12. The Morgan fingerprint density at radius 2 is 1.84 bits per heavy atom. The number of nitrogens with zero attached hydrogens (tertiary/aromatic N) is 7. The van der Waals surface area contributed by atoms with Crippen molar-refractivity contribution < 1.29 is 4.39 Å². The van der Waals surface area contributed by atoms with E-state index in [1.54, 1.807) is 18.6 Å². The number of rotatable bonds is 5. The van der Waals surface area contributed by atoms with Gasteiger partial charge in [-0.15, -0.1) is 0 Å². The van der Waals surface area contributed by atoms with Gasteiger partial charge in [-0.2, -0.15) is 5.10 Å². The number of likely N-dealkylation sites (tertiary alicyclic amines) is 1. The highest BCUT2D eigenvalue weighted by atomic mass is 19.1. The van der Waals surface area contributed by atoms with Crippen LogP contribution in [-0.4, -0.2) is 58.1 Å². The van der Waals surface area contributed by atoms with Crippen LogP contribution in [0.4, 0.5) is 4.39 Å². The predicted octanol–water partition coefficient (Wildman–Crippen LogP) is 4.76. The van der Waals surface area contributed by atoms with E-state index in [4.69, 9.17) is 4.98 Å². The molecule has 7 rings (SSSR count). The largest absolute Gasteiger partial charge is 0.321 e. The molecule has 2 N–H and O–H groups in total. The van der Waals surface area contributed by atoms with Crippen LogP contribution in [0, 0.1) is 5.82 Å². The molecule has 6 aromatic heterocycles. The summed E-state index contributed by atoms with van der Waals surface area (Å²) in [7, 11) is 0. The van der Waals surface area contributed by atoms with Crippen LogP contribution in [0.5, 0.6) is 0 Å². The Kier molecular flexibility index (Phi) is 5.17. The molecule has 0 spiro atoms. The van der Waals surface area contributed by atoms with Crippen molar-refractivity contribution in [2.45, 2.75) is 19.4 Å². The molecule has 0 amide bonds. The summed E-state index contributed by atoms with van der Waals surface area (Å²) in [5.74, 6) is -0.0249. The number of halogens is 1. The van der Waals surface area contributed by atoms with E-state index in [0.717, 1.165) is 36.5 Å². The molecule has 1 fully saturated rings. The molecule has 10 heteroatoms. The Hall–Kier alpha value is -4.57. The van der Waals surface area contributed by atoms with E-state index in [1.807, 2.05) is 36.5 Å². The van der Waals surface area contributed by atoms with Gasteiger partial charge in [0.15, 0.2) is 17.1 Å². The van der Waals surface area contributed by atoms with Crippen molar-refractivity contribution in [3.63, 3.8) is 0 Å². The van der Waals surface area contributed by atoms with Gasteiger partial charge in [0.1, 0.15) is 17.0 Å². The molecule has 182 valence electrons. The van der Waals surface area contributed by atoms with Crippen molar-refractivity contribution in [2.75, 3.05) is 13.1 Å². The van der Waals surface area contributed by atoms with Gasteiger partial charge >= 0.3 is 0 Å². The van der Waals surface area contributed by atoms with Crippen LogP contribution in [0.3, 0.4) is 0 Å². The fraction of sp³-hybridized carbons (Fsp3) is 0.185. The molecule has 7 heterocycles. The van der Waals surface area contributed by atoms with Gasteiger partial charge in [0, 0.05) is 54.2 Å². The summed E-state index contributed by atoms with van der Waals surface area (Å²) in [6, 6.07) is 9.54. The number of imidazole rings is 1. The molecule has 9 nitrogen and oxygen atoms in total. The lowest BCUT2D eigenvalue weighted by molar-refractivity contribution is 0.331. The first-order valence-corrected chi connectivity index (χ1v) is 12.2. The van der Waals surface area contributed by atoms with Gasteiger partial charge in [-0.1, -0.05) is 6.07 Å². The molecule has 37 heavy (non-hydrogen) atoms. The highest BCUT2D eigenvalue weighted by molar-refractivity contribution is 5.96. The summed E-state index contributed by atoms with van der Waals surface area (Å²) in [6.45, 7) is 2.97. The Morgan fingerprint density at radius 3 is 2.70 bits per heavy atom. The van der Waals surface area contributed by atoms with E-state index in [1.165, 1.54) is 19.0 Å². The summed E-state index contributed by atoms with van der Waals surface area (Å²) in [5, 5.41) is 7.46. The van der Waals surface area contributed by atoms with E-state index in [2.05, 4.69) is 40.0 Å². The normalized spacial score (nSPS) is 14.2. The molecule has 6 aromatic rings.